The van der Waals surface area contributed by atoms with Crippen molar-refractivity contribution < 1.29 is 30.0 Å². The fourth-order valence-corrected chi connectivity index (χ4v) is 2.94. The Labute approximate surface area is 159 Å². The van der Waals surface area contributed by atoms with Crippen LogP contribution in [0.15, 0.2) is 47.4 Å². The lowest BCUT2D eigenvalue weighted by atomic mass is 10.0. The number of ether oxygens (including phenoxy) is 1. The summed E-state index contributed by atoms with van der Waals surface area (Å²) >= 11 is 0. The molecular weight excluding hydrogens is 370 g/mol. The van der Waals surface area contributed by atoms with Gasteiger partial charge in [-0.2, -0.15) is 4.98 Å². The average molecular weight is 391 g/mol. The smallest absolute Gasteiger partial charge is 0.351 e. The molecule has 0 bridgehead atoms. The Morgan fingerprint density at radius 1 is 1.18 bits per heavy atom. The van der Waals surface area contributed by atoms with Crippen molar-refractivity contribution in [3.63, 3.8) is 0 Å². The minimum atomic E-state index is -1.53. The highest BCUT2D eigenvalue weighted by molar-refractivity contribution is 6.03. The highest BCUT2D eigenvalue weighted by atomic mass is 16.5. The lowest BCUT2D eigenvalue weighted by molar-refractivity contribution is -0.132. The summed E-state index contributed by atoms with van der Waals surface area (Å²) < 4.78 is 6.54. The number of benzene rings is 1. The van der Waals surface area contributed by atoms with Gasteiger partial charge in [0.15, 0.2) is 0 Å². The fourth-order valence-electron chi connectivity index (χ4n) is 2.94. The molecule has 1 aliphatic rings. The van der Waals surface area contributed by atoms with Gasteiger partial charge in [0.1, 0.15) is 30.4 Å². The Balaban J connectivity index is 1.80. The first-order valence-corrected chi connectivity index (χ1v) is 8.67. The number of carbonyl (C=O) groups is 1. The van der Waals surface area contributed by atoms with Crippen molar-refractivity contribution in [2.75, 3.05) is 11.9 Å². The summed E-state index contributed by atoms with van der Waals surface area (Å²) in [6, 6.07) is 9.78. The fraction of sp³-hybridized carbons (Fsp3) is 0.389. The molecule has 0 saturated carbocycles. The van der Waals surface area contributed by atoms with Gasteiger partial charge in [0.2, 0.25) is 0 Å². The molecule has 5 atom stereocenters. The zero-order valence-electron chi connectivity index (χ0n) is 14.8. The first-order valence-electron chi connectivity index (χ1n) is 8.67. The molecule has 1 aromatic heterocycles. The molecule has 10 nitrogen and oxygen atoms in total. The van der Waals surface area contributed by atoms with Gasteiger partial charge in [-0.25, -0.2) is 4.79 Å². The molecule has 1 fully saturated rings. The van der Waals surface area contributed by atoms with Crippen molar-refractivity contribution in [3.8, 4) is 0 Å². The number of aliphatic hydroxyl groups is 4. The molecule has 1 amide bonds. The van der Waals surface area contributed by atoms with Crippen LogP contribution in [0, 0.1) is 0 Å². The number of anilines is 1. The van der Waals surface area contributed by atoms with Crippen LogP contribution in [-0.4, -0.2) is 66.9 Å². The summed E-state index contributed by atoms with van der Waals surface area (Å²) in [5.41, 5.74) is -0.372. The Morgan fingerprint density at radius 2 is 1.89 bits per heavy atom. The normalized spacial score (nSPS) is 27.8. The molecule has 0 unspecified atom stereocenters. The van der Waals surface area contributed by atoms with Crippen LogP contribution in [0.4, 0.5) is 5.82 Å². The summed E-state index contributed by atoms with van der Waals surface area (Å²) in [4.78, 5) is 28.3. The van der Waals surface area contributed by atoms with Gasteiger partial charge in [0.25, 0.3) is 5.91 Å². The summed E-state index contributed by atoms with van der Waals surface area (Å²) in [7, 11) is 0. The third-order valence-corrected chi connectivity index (χ3v) is 4.50. The number of rotatable bonds is 4. The predicted molar refractivity (Wildman–Crippen MR) is 96.5 cm³/mol. The molecule has 150 valence electrons. The standard InChI is InChI=1S/C18H21N3O7/c22-9-12-16(25)15(24)11(23)8-14(28-12)21-7-6-13(20-18(21)27)19-17(26)10-4-2-1-3-5-10/h1-7,11-12,14-16,22-25H,8-9H2,(H,19,20,26,27)/t11-,12+,14+,15-,16+/m0/s1. The average Bonchev–Trinajstić information content (AvgIpc) is 2.80. The molecule has 1 aliphatic heterocycles. The van der Waals surface area contributed by atoms with Gasteiger partial charge in [-0.3, -0.25) is 9.36 Å². The number of aromatic nitrogens is 2. The Bertz CT molecular complexity index is 873. The molecule has 3 rings (SSSR count). The Kier molecular flexibility index (Phi) is 6.17. The van der Waals surface area contributed by atoms with E-state index in [-0.39, 0.29) is 12.2 Å². The van der Waals surface area contributed by atoms with Gasteiger partial charge in [-0.15, -0.1) is 0 Å². The lowest BCUT2D eigenvalue weighted by Gasteiger charge is -2.24. The molecule has 0 spiro atoms. The lowest BCUT2D eigenvalue weighted by Crippen LogP contribution is -2.44. The second-order valence-electron chi connectivity index (χ2n) is 6.42. The van der Waals surface area contributed by atoms with Crippen molar-refractivity contribution in [1.29, 1.82) is 0 Å². The molecule has 2 aromatic rings. The number of nitrogens with zero attached hydrogens (tertiary/aromatic N) is 2. The zero-order chi connectivity index (χ0) is 20.3. The van der Waals surface area contributed by atoms with Gasteiger partial charge < -0.3 is 30.5 Å². The summed E-state index contributed by atoms with van der Waals surface area (Å²) in [5, 5.41) is 41.7. The van der Waals surface area contributed by atoms with Crippen molar-refractivity contribution in [3.05, 3.63) is 58.6 Å². The maximum Gasteiger partial charge on any atom is 0.351 e. The Hall–Kier alpha value is -2.63. The number of aliphatic hydroxyl groups excluding tert-OH is 4. The van der Waals surface area contributed by atoms with Crippen LogP contribution < -0.4 is 11.0 Å². The van der Waals surface area contributed by atoms with E-state index in [2.05, 4.69) is 10.3 Å². The molecule has 1 saturated heterocycles. The Morgan fingerprint density at radius 3 is 2.54 bits per heavy atom. The molecule has 1 aromatic carbocycles. The quantitative estimate of drug-likeness (QED) is 0.438. The van der Waals surface area contributed by atoms with Gasteiger partial charge >= 0.3 is 5.69 Å². The number of hydrogen-bond donors (Lipinski definition) is 5. The van der Waals surface area contributed by atoms with E-state index >= 15 is 0 Å². The monoisotopic (exact) mass is 391 g/mol. The molecule has 10 heteroatoms. The van der Waals surface area contributed by atoms with Crippen molar-refractivity contribution in [1.82, 2.24) is 9.55 Å². The highest BCUT2D eigenvalue weighted by Gasteiger charge is 2.39. The van der Waals surface area contributed by atoms with Gasteiger partial charge in [0.05, 0.1) is 12.7 Å². The number of amides is 1. The van der Waals surface area contributed by atoms with Gasteiger partial charge in [-0.1, -0.05) is 18.2 Å². The molecule has 0 radical (unpaired) electrons. The van der Waals surface area contributed by atoms with Crippen LogP contribution >= 0.6 is 0 Å². The summed E-state index contributed by atoms with van der Waals surface area (Å²) in [6.45, 7) is -0.616. The van der Waals surface area contributed by atoms with Crippen LogP contribution in [0.25, 0.3) is 0 Å². The van der Waals surface area contributed by atoms with Gasteiger partial charge in [-0.05, 0) is 18.2 Å². The van der Waals surface area contributed by atoms with E-state index in [0.717, 1.165) is 4.57 Å². The number of hydrogen-bond acceptors (Lipinski definition) is 8. The molecule has 2 heterocycles. The molecule has 0 aliphatic carbocycles. The minimum Gasteiger partial charge on any atom is -0.394 e. The van der Waals surface area contributed by atoms with Crippen LogP contribution in [0.3, 0.4) is 0 Å². The second kappa shape index (κ2) is 8.59. The first-order chi connectivity index (χ1) is 13.4. The molecule has 5 N–H and O–H groups in total. The second-order valence-corrected chi connectivity index (χ2v) is 6.42. The number of carbonyl (C=O) groups excluding carboxylic acids is 1. The molecule has 28 heavy (non-hydrogen) atoms. The highest BCUT2D eigenvalue weighted by Crippen LogP contribution is 2.26. The minimum absolute atomic E-state index is 0.0306. The van der Waals surface area contributed by atoms with Crippen LogP contribution in [0.2, 0.25) is 0 Å². The first kappa shape index (κ1) is 20.1. The van der Waals surface area contributed by atoms with Crippen molar-refractivity contribution in [2.45, 2.75) is 37.1 Å². The number of nitrogens with one attached hydrogen (secondary N) is 1. The maximum absolute atomic E-state index is 12.4. The van der Waals surface area contributed by atoms with Crippen LogP contribution in [0.1, 0.15) is 23.0 Å². The van der Waals surface area contributed by atoms with Crippen LogP contribution in [0.5, 0.6) is 0 Å². The van der Waals surface area contributed by atoms with E-state index in [1.807, 2.05) is 0 Å². The van der Waals surface area contributed by atoms with E-state index in [1.54, 1.807) is 30.3 Å². The largest absolute Gasteiger partial charge is 0.394 e. The maximum atomic E-state index is 12.4. The van der Waals surface area contributed by atoms with E-state index < -0.39 is 48.8 Å². The topological polar surface area (TPSA) is 154 Å². The van der Waals surface area contributed by atoms with E-state index in [4.69, 9.17) is 4.74 Å². The summed E-state index contributed by atoms with van der Waals surface area (Å²) in [6.07, 6.45) is -5.58. The summed E-state index contributed by atoms with van der Waals surface area (Å²) in [5.74, 6) is -0.402. The van der Waals surface area contributed by atoms with E-state index in [9.17, 15) is 30.0 Å². The van der Waals surface area contributed by atoms with Crippen molar-refractivity contribution >= 4 is 11.7 Å². The van der Waals surface area contributed by atoms with E-state index in [1.165, 1.54) is 12.3 Å². The van der Waals surface area contributed by atoms with Crippen molar-refractivity contribution in [2.24, 2.45) is 0 Å². The van der Waals surface area contributed by atoms with Crippen LogP contribution in [-0.2, 0) is 4.74 Å². The third kappa shape index (κ3) is 4.26. The van der Waals surface area contributed by atoms with E-state index in [0.29, 0.717) is 5.56 Å². The predicted octanol–water partition coefficient (Wildman–Crippen LogP) is -1.14. The SMILES string of the molecule is O=C(Nc1ccn([C@H]2C[C@H](O)[C@H](O)[C@H](O)[C@@H](CO)O2)c(=O)n1)c1ccccc1. The zero-order valence-corrected chi connectivity index (χ0v) is 14.8. The third-order valence-electron chi connectivity index (χ3n) is 4.50. The molecular formula is C18H21N3O7. The van der Waals surface area contributed by atoms with Gasteiger partial charge in [0, 0.05) is 18.2 Å².